The van der Waals surface area contributed by atoms with Gasteiger partial charge in [-0.05, 0) is 91.5 Å². The fourth-order valence-corrected chi connectivity index (χ4v) is 9.29. The van der Waals surface area contributed by atoms with Gasteiger partial charge in [0, 0.05) is 29.4 Å². The Balaban J connectivity index is 1.45. The maximum absolute atomic E-state index is 14.2. The molecule has 0 amide bonds. The number of esters is 1. The van der Waals surface area contributed by atoms with Gasteiger partial charge in [0.1, 0.15) is 23.7 Å². The average Bonchev–Trinajstić information content (AvgIpc) is 3.48. The third kappa shape index (κ3) is 7.63. The lowest BCUT2D eigenvalue weighted by Crippen LogP contribution is -2.58. The van der Waals surface area contributed by atoms with E-state index in [-0.39, 0.29) is 42.0 Å². The van der Waals surface area contributed by atoms with Gasteiger partial charge in [0.2, 0.25) is 0 Å². The van der Waals surface area contributed by atoms with Gasteiger partial charge in [-0.2, -0.15) is 0 Å². The Hall–Kier alpha value is -1.63. The number of ketones is 1. The number of Topliss-reactive ketones (excluding diaryl/α,β-unsaturated/α-hetero) is 1. The molecule has 49 heavy (non-hydrogen) atoms. The molecule has 4 aliphatic rings. The van der Waals surface area contributed by atoms with Gasteiger partial charge >= 0.3 is 5.97 Å². The third-order valence-corrected chi connectivity index (χ3v) is 11.7. The molecule has 1 aromatic carbocycles. The van der Waals surface area contributed by atoms with Crippen LogP contribution in [0.4, 0.5) is 0 Å². The summed E-state index contributed by atoms with van der Waals surface area (Å²) in [5.74, 6) is -3.93. The van der Waals surface area contributed by atoms with E-state index in [1.54, 1.807) is 13.8 Å². The Labute approximate surface area is 297 Å². The van der Waals surface area contributed by atoms with Gasteiger partial charge in [-0.3, -0.25) is 14.5 Å². The lowest BCUT2D eigenvalue weighted by Gasteiger charge is -2.46. The van der Waals surface area contributed by atoms with Crippen molar-refractivity contribution in [2.75, 3.05) is 7.05 Å². The number of aliphatic hydroxyl groups excluding tert-OH is 1. The first-order valence-electron chi connectivity index (χ1n) is 18.0. The minimum Gasteiger partial charge on any atom is -0.458 e. The van der Waals surface area contributed by atoms with Gasteiger partial charge < -0.3 is 33.5 Å². The number of cyclic esters (lactones) is 1. The third-order valence-electron chi connectivity index (χ3n) is 11.5. The van der Waals surface area contributed by atoms with E-state index in [9.17, 15) is 14.7 Å². The van der Waals surface area contributed by atoms with Gasteiger partial charge in [-0.25, -0.2) is 0 Å². The van der Waals surface area contributed by atoms with E-state index >= 15 is 0 Å². The van der Waals surface area contributed by atoms with Crippen molar-refractivity contribution in [2.24, 2.45) is 23.7 Å². The molecule has 14 atom stereocenters. The fourth-order valence-electron chi connectivity index (χ4n) is 9.16. The number of carbonyl (C=O) groups is 2. The van der Waals surface area contributed by atoms with Gasteiger partial charge in [0.15, 0.2) is 17.9 Å². The maximum Gasteiger partial charge on any atom is 0.316 e. The smallest absolute Gasteiger partial charge is 0.316 e. The number of fused-ring (bicyclic) bond motifs is 2. The molecule has 11 heteroatoms. The quantitative estimate of drug-likeness (QED) is 0.270. The molecule has 276 valence electrons. The molecule has 2 bridgehead atoms. The van der Waals surface area contributed by atoms with Gasteiger partial charge in [-0.15, -0.1) is 0 Å². The zero-order chi connectivity index (χ0) is 36.2. The summed E-state index contributed by atoms with van der Waals surface area (Å²) in [7, 11) is 1.97. The molecule has 4 heterocycles. The van der Waals surface area contributed by atoms with E-state index in [1.165, 1.54) is 0 Å². The molecule has 0 aliphatic carbocycles. The second kappa shape index (κ2) is 14.4. The van der Waals surface area contributed by atoms with Crippen molar-refractivity contribution < 1.29 is 43.1 Å². The average molecular weight is 708 g/mol. The zero-order valence-corrected chi connectivity index (χ0v) is 31.9. The number of rotatable bonds is 7. The number of aliphatic hydroxyl groups is 1. The van der Waals surface area contributed by atoms with Crippen LogP contribution in [-0.4, -0.2) is 94.8 Å². The van der Waals surface area contributed by atoms with E-state index in [0.717, 1.165) is 5.56 Å². The number of halogens is 1. The first-order valence-corrected chi connectivity index (χ1v) is 18.4. The molecule has 0 saturated carbocycles. The van der Waals surface area contributed by atoms with Crippen LogP contribution < -0.4 is 0 Å². The fraction of sp³-hybridized carbons (Fsp3) is 0.789. The van der Waals surface area contributed by atoms with Crippen LogP contribution in [0.1, 0.15) is 94.1 Å². The lowest BCUT2D eigenvalue weighted by molar-refractivity contribution is -0.296. The molecule has 1 N–H and O–H groups in total. The van der Waals surface area contributed by atoms with E-state index in [2.05, 4.69) is 11.8 Å². The molecule has 2 unspecified atom stereocenters. The van der Waals surface area contributed by atoms with Crippen molar-refractivity contribution in [1.29, 1.82) is 0 Å². The topological polar surface area (TPSA) is 113 Å². The summed E-state index contributed by atoms with van der Waals surface area (Å²) in [6, 6.07) is 7.38. The van der Waals surface area contributed by atoms with Crippen molar-refractivity contribution in [2.45, 2.75) is 161 Å². The first kappa shape index (κ1) is 38.6. The number of hydrogen-bond acceptors (Lipinski definition) is 10. The molecular weight excluding hydrogens is 650 g/mol. The van der Waals surface area contributed by atoms with Crippen LogP contribution >= 0.6 is 11.6 Å². The van der Waals surface area contributed by atoms with Crippen molar-refractivity contribution in [3.8, 4) is 0 Å². The first-order chi connectivity index (χ1) is 22.8. The molecule has 0 radical (unpaired) electrons. The largest absolute Gasteiger partial charge is 0.458 e. The van der Waals surface area contributed by atoms with E-state index in [1.807, 2.05) is 79.8 Å². The summed E-state index contributed by atoms with van der Waals surface area (Å²) in [6.45, 7) is 19.7. The summed E-state index contributed by atoms with van der Waals surface area (Å²) < 4.78 is 39.2. The second-order valence-electron chi connectivity index (χ2n) is 16.1. The molecular formula is C38H58ClNO9. The molecule has 0 aromatic heterocycles. The van der Waals surface area contributed by atoms with Crippen LogP contribution in [-0.2, 0) is 44.6 Å². The zero-order valence-electron chi connectivity index (χ0n) is 31.1. The second-order valence-corrected chi connectivity index (χ2v) is 16.5. The summed E-state index contributed by atoms with van der Waals surface area (Å²) in [6.07, 6.45) is -2.66. The summed E-state index contributed by atoms with van der Waals surface area (Å²) in [4.78, 5) is 30.1. The Kier molecular flexibility index (Phi) is 11.4. The van der Waals surface area contributed by atoms with Gasteiger partial charge in [0.25, 0.3) is 0 Å². The highest BCUT2D eigenvalue weighted by atomic mass is 35.5. The highest BCUT2D eigenvalue weighted by Crippen LogP contribution is 2.50. The van der Waals surface area contributed by atoms with Crippen LogP contribution in [0.3, 0.4) is 0 Å². The maximum atomic E-state index is 14.2. The minimum atomic E-state index is -1.07. The van der Waals surface area contributed by atoms with Crippen LogP contribution in [0.25, 0.3) is 0 Å². The van der Waals surface area contributed by atoms with E-state index in [0.29, 0.717) is 30.8 Å². The molecule has 5 rings (SSSR count). The number of likely N-dealkylation sites (N-methyl/N-ethyl adjacent to an activating group) is 1. The molecule has 4 aliphatic heterocycles. The van der Waals surface area contributed by atoms with Crippen molar-refractivity contribution in [3.05, 3.63) is 34.9 Å². The van der Waals surface area contributed by atoms with E-state index < -0.39 is 59.4 Å². The van der Waals surface area contributed by atoms with Gasteiger partial charge in [-0.1, -0.05) is 51.4 Å². The van der Waals surface area contributed by atoms with Crippen LogP contribution in [0.15, 0.2) is 24.3 Å². The number of benzene rings is 1. The van der Waals surface area contributed by atoms with E-state index in [4.69, 9.17) is 40.0 Å². The SMILES string of the molecule is CC[C@H]1OC(C)(C)O[C@@]1(C)[C@@H]1OC(=O)[C@H](C)C(=O)[C@H](C)[C@@H](O[C@@H]2O[C@H](C)C[C@H](N(C)Cc3ccc(Cl)cc3)[C@H]2O)[C@@]2(C)CC(C)C(O2)[C@@H]1C. The summed E-state index contributed by atoms with van der Waals surface area (Å²) >= 11 is 6.10. The Morgan fingerprint density at radius 1 is 1.02 bits per heavy atom. The Bertz CT molecular complexity index is 1340. The van der Waals surface area contributed by atoms with Gasteiger partial charge in [0.05, 0.1) is 30.0 Å². The minimum absolute atomic E-state index is 0.0276. The molecule has 10 nitrogen and oxygen atoms in total. The molecule has 4 saturated heterocycles. The molecule has 0 spiro atoms. The number of nitrogens with zero attached hydrogens (tertiary/aromatic N) is 1. The molecule has 4 fully saturated rings. The van der Waals surface area contributed by atoms with Crippen LogP contribution in [0, 0.1) is 23.7 Å². The lowest BCUT2D eigenvalue weighted by atomic mass is 9.76. The predicted octanol–water partition coefficient (Wildman–Crippen LogP) is 5.93. The standard InChI is InChI=1S/C38H58ClNO9/c1-12-28-38(10,49-36(7,8)47-28)33-24(6)31-20(2)18-37(9,48-31)32(22(4)29(41)23(5)34(43)45-33)46-35-30(42)27(17-21(3)44-35)40(11)19-25-13-15-26(39)16-14-25/h13-16,20-24,27-28,30-33,35,42H,12,17-19H2,1-11H3/t20?,21-,22+,23-,24+,27+,28-,30-,31?,32-,33-,35+,37-,38-/m1/s1. The van der Waals surface area contributed by atoms with Crippen molar-refractivity contribution in [3.63, 3.8) is 0 Å². The summed E-state index contributed by atoms with van der Waals surface area (Å²) in [5, 5.41) is 12.4. The number of hydrogen-bond donors (Lipinski definition) is 1. The Morgan fingerprint density at radius 3 is 2.31 bits per heavy atom. The Morgan fingerprint density at radius 2 is 1.67 bits per heavy atom. The number of ether oxygens (including phenoxy) is 6. The monoisotopic (exact) mass is 707 g/mol. The summed E-state index contributed by atoms with van der Waals surface area (Å²) in [5.41, 5.74) is -0.843. The highest BCUT2D eigenvalue weighted by molar-refractivity contribution is 6.30. The van der Waals surface area contributed by atoms with Crippen molar-refractivity contribution in [1.82, 2.24) is 4.90 Å². The normalized spacial score (nSPS) is 44.5. The van der Waals surface area contributed by atoms with Crippen LogP contribution in [0.5, 0.6) is 0 Å². The number of carbonyl (C=O) groups excluding carboxylic acids is 2. The molecule has 1 aromatic rings. The highest BCUT2D eigenvalue weighted by Gasteiger charge is 2.61. The predicted molar refractivity (Wildman–Crippen MR) is 185 cm³/mol. The van der Waals surface area contributed by atoms with Crippen LogP contribution in [0.2, 0.25) is 5.02 Å². The van der Waals surface area contributed by atoms with Crippen molar-refractivity contribution >= 4 is 23.4 Å².